The molecule has 0 aliphatic rings. The summed E-state index contributed by atoms with van der Waals surface area (Å²) < 4.78 is 5.02. The first-order valence-corrected chi connectivity index (χ1v) is 6.31. The highest BCUT2D eigenvalue weighted by molar-refractivity contribution is 5.91. The van der Waals surface area contributed by atoms with E-state index >= 15 is 0 Å². The van der Waals surface area contributed by atoms with Gasteiger partial charge in [0, 0.05) is 6.54 Å². The fourth-order valence-electron chi connectivity index (χ4n) is 1.98. The Morgan fingerprint density at radius 1 is 1.16 bits per heavy atom. The highest BCUT2D eigenvalue weighted by atomic mass is 16.5. The van der Waals surface area contributed by atoms with Crippen molar-refractivity contribution in [2.75, 3.05) is 6.61 Å². The van der Waals surface area contributed by atoms with E-state index in [1.54, 1.807) is 13.0 Å². The summed E-state index contributed by atoms with van der Waals surface area (Å²) in [6.07, 6.45) is 0. The van der Waals surface area contributed by atoms with Crippen molar-refractivity contribution in [3.63, 3.8) is 0 Å². The van der Waals surface area contributed by atoms with Gasteiger partial charge in [-0.05, 0) is 35.7 Å². The van der Waals surface area contributed by atoms with Crippen molar-refractivity contribution in [1.82, 2.24) is 0 Å². The molecule has 0 saturated carbocycles. The Balaban J connectivity index is 2.46. The molecule has 0 bridgehead atoms. The van der Waals surface area contributed by atoms with Gasteiger partial charge in [-0.1, -0.05) is 36.4 Å². The minimum atomic E-state index is -0.303. The first kappa shape index (κ1) is 13.3. The maximum atomic E-state index is 11.8. The zero-order chi connectivity index (χ0) is 13.7. The van der Waals surface area contributed by atoms with Gasteiger partial charge in [0.05, 0.1) is 12.2 Å². The molecule has 0 atom stereocenters. The van der Waals surface area contributed by atoms with Crippen molar-refractivity contribution in [2.45, 2.75) is 13.5 Å². The monoisotopic (exact) mass is 255 g/mol. The molecule has 19 heavy (non-hydrogen) atoms. The van der Waals surface area contributed by atoms with Crippen molar-refractivity contribution in [3.8, 4) is 11.1 Å². The molecule has 0 unspecified atom stereocenters. The van der Waals surface area contributed by atoms with E-state index in [4.69, 9.17) is 10.5 Å². The lowest BCUT2D eigenvalue weighted by atomic mass is 9.97. The lowest BCUT2D eigenvalue weighted by molar-refractivity contribution is 0.0526. The van der Waals surface area contributed by atoms with Crippen LogP contribution >= 0.6 is 0 Å². The van der Waals surface area contributed by atoms with Crippen LogP contribution in [0.4, 0.5) is 0 Å². The molecule has 98 valence electrons. The molecular formula is C16H17NO2. The third kappa shape index (κ3) is 3.01. The van der Waals surface area contributed by atoms with Crippen LogP contribution in [-0.4, -0.2) is 12.6 Å². The van der Waals surface area contributed by atoms with E-state index in [2.05, 4.69) is 0 Å². The van der Waals surface area contributed by atoms with Gasteiger partial charge in [-0.15, -0.1) is 0 Å². The van der Waals surface area contributed by atoms with Crippen molar-refractivity contribution in [2.24, 2.45) is 5.73 Å². The molecule has 0 saturated heterocycles. The van der Waals surface area contributed by atoms with E-state index < -0.39 is 0 Å². The van der Waals surface area contributed by atoms with Crippen LogP contribution < -0.4 is 5.73 Å². The summed E-state index contributed by atoms with van der Waals surface area (Å²) in [5, 5.41) is 0. The molecule has 0 aliphatic carbocycles. The summed E-state index contributed by atoms with van der Waals surface area (Å²) in [6.45, 7) is 2.61. The predicted octanol–water partition coefficient (Wildman–Crippen LogP) is 2.99. The highest BCUT2D eigenvalue weighted by Crippen LogP contribution is 2.25. The van der Waals surface area contributed by atoms with E-state index in [0.717, 1.165) is 16.7 Å². The van der Waals surface area contributed by atoms with Crippen molar-refractivity contribution in [1.29, 1.82) is 0 Å². The Labute approximate surface area is 113 Å². The largest absolute Gasteiger partial charge is 0.462 e. The van der Waals surface area contributed by atoms with Crippen LogP contribution in [0.3, 0.4) is 0 Å². The second-order valence-corrected chi connectivity index (χ2v) is 4.16. The third-order valence-electron chi connectivity index (χ3n) is 2.93. The van der Waals surface area contributed by atoms with Crippen LogP contribution in [0.1, 0.15) is 22.8 Å². The lowest BCUT2D eigenvalue weighted by Crippen LogP contribution is -2.06. The number of ether oxygens (including phenoxy) is 1. The van der Waals surface area contributed by atoms with E-state index in [-0.39, 0.29) is 5.97 Å². The molecule has 2 aromatic rings. The summed E-state index contributed by atoms with van der Waals surface area (Å²) in [5.41, 5.74) is 9.35. The van der Waals surface area contributed by atoms with Crippen LogP contribution in [0.5, 0.6) is 0 Å². The van der Waals surface area contributed by atoms with Crippen LogP contribution in [0.15, 0.2) is 48.5 Å². The van der Waals surface area contributed by atoms with Gasteiger partial charge in [0.2, 0.25) is 0 Å². The second kappa shape index (κ2) is 6.16. The molecule has 0 heterocycles. The molecule has 0 amide bonds. The van der Waals surface area contributed by atoms with Crippen LogP contribution in [0, 0.1) is 0 Å². The summed E-state index contributed by atoms with van der Waals surface area (Å²) in [5.74, 6) is -0.303. The normalized spacial score (nSPS) is 10.2. The standard InChI is InChI=1S/C16H17NO2/c1-2-19-16(18)13-8-9-14(11-17)15(10-13)12-6-4-3-5-7-12/h3-10H,2,11,17H2,1H3. The Hall–Kier alpha value is -2.13. The smallest absolute Gasteiger partial charge is 0.338 e. The van der Waals surface area contributed by atoms with Crippen molar-refractivity contribution in [3.05, 3.63) is 59.7 Å². The minimum Gasteiger partial charge on any atom is -0.462 e. The Bertz CT molecular complexity index is 564. The first-order valence-electron chi connectivity index (χ1n) is 6.31. The number of nitrogens with two attached hydrogens (primary N) is 1. The third-order valence-corrected chi connectivity index (χ3v) is 2.93. The zero-order valence-corrected chi connectivity index (χ0v) is 10.9. The van der Waals surface area contributed by atoms with E-state index in [1.165, 1.54) is 0 Å². The van der Waals surface area contributed by atoms with Crippen LogP contribution in [-0.2, 0) is 11.3 Å². The summed E-state index contributed by atoms with van der Waals surface area (Å²) in [7, 11) is 0. The molecular weight excluding hydrogens is 238 g/mol. The molecule has 2 aromatic carbocycles. The Kier molecular flexibility index (Phi) is 4.31. The molecule has 2 N–H and O–H groups in total. The maximum absolute atomic E-state index is 11.8. The predicted molar refractivity (Wildman–Crippen MR) is 75.7 cm³/mol. The lowest BCUT2D eigenvalue weighted by Gasteiger charge is -2.10. The number of hydrogen-bond donors (Lipinski definition) is 1. The van der Waals surface area contributed by atoms with Crippen molar-refractivity contribution >= 4 is 5.97 Å². The van der Waals surface area contributed by atoms with Crippen LogP contribution in [0.2, 0.25) is 0 Å². The van der Waals surface area contributed by atoms with E-state index in [0.29, 0.717) is 18.7 Å². The summed E-state index contributed by atoms with van der Waals surface area (Å²) >= 11 is 0. The van der Waals surface area contributed by atoms with Gasteiger partial charge in [0.1, 0.15) is 0 Å². The molecule has 0 aliphatic heterocycles. The topological polar surface area (TPSA) is 52.3 Å². The van der Waals surface area contributed by atoms with Gasteiger partial charge in [0.25, 0.3) is 0 Å². The average molecular weight is 255 g/mol. The van der Waals surface area contributed by atoms with Gasteiger partial charge in [-0.3, -0.25) is 0 Å². The fourth-order valence-corrected chi connectivity index (χ4v) is 1.98. The highest BCUT2D eigenvalue weighted by Gasteiger charge is 2.11. The fraction of sp³-hybridized carbons (Fsp3) is 0.188. The number of carbonyl (C=O) groups excluding carboxylic acids is 1. The number of carbonyl (C=O) groups is 1. The minimum absolute atomic E-state index is 0.303. The number of hydrogen-bond acceptors (Lipinski definition) is 3. The number of benzene rings is 2. The zero-order valence-electron chi connectivity index (χ0n) is 10.9. The second-order valence-electron chi connectivity index (χ2n) is 4.16. The van der Waals surface area contributed by atoms with E-state index in [9.17, 15) is 4.79 Å². The molecule has 0 aromatic heterocycles. The van der Waals surface area contributed by atoms with Gasteiger partial charge in [0.15, 0.2) is 0 Å². The summed E-state index contributed by atoms with van der Waals surface area (Å²) in [4.78, 5) is 11.8. The first-order chi connectivity index (χ1) is 9.26. The van der Waals surface area contributed by atoms with Gasteiger partial charge in [-0.25, -0.2) is 4.79 Å². The Morgan fingerprint density at radius 3 is 2.53 bits per heavy atom. The van der Waals surface area contributed by atoms with E-state index in [1.807, 2.05) is 42.5 Å². The maximum Gasteiger partial charge on any atom is 0.338 e. The molecule has 3 heteroatoms. The van der Waals surface area contributed by atoms with Crippen LogP contribution in [0.25, 0.3) is 11.1 Å². The number of esters is 1. The summed E-state index contributed by atoms with van der Waals surface area (Å²) in [6, 6.07) is 15.4. The van der Waals surface area contributed by atoms with Gasteiger partial charge < -0.3 is 10.5 Å². The molecule has 2 rings (SSSR count). The Morgan fingerprint density at radius 2 is 1.89 bits per heavy atom. The van der Waals surface area contributed by atoms with Gasteiger partial charge in [-0.2, -0.15) is 0 Å². The SMILES string of the molecule is CCOC(=O)c1ccc(CN)c(-c2ccccc2)c1. The molecule has 0 fully saturated rings. The average Bonchev–Trinajstić information content (AvgIpc) is 2.47. The number of rotatable bonds is 4. The van der Waals surface area contributed by atoms with Crippen molar-refractivity contribution < 1.29 is 9.53 Å². The quantitative estimate of drug-likeness (QED) is 0.854. The molecule has 0 radical (unpaired) electrons. The van der Waals surface area contributed by atoms with Gasteiger partial charge >= 0.3 is 5.97 Å². The molecule has 0 spiro atoms. The molecule has 3 nitrogen and oxygen atoms in total.